The first-order valence-corrected chi connectivity index (χ1v) is 5.25. The van der Waals surface area contributed by atoms with E-state index in [9.17, 15) is 22.8 Å². The minimum Gasteiger partial charge on any atom is -0.382 e. The van der Waals surface area contributed by atoms with Gasteiger partial charge in [0.05, 0.1) is 6.54 Å². The van der Waals surface area contributed by atoms with E-state index in [0.29, 0.717) is 0 Å². The average Bonchev–Trinajstić information content (AvgIpc) is 2.59. The maximum absolute atomic E-state index is 11.9. The maximum atomic E-state index is 11.9. The molecule has 0 aliphatic carbocycles. The van der Waals surface area contributed by atoms with E-state index in [1.165, 1.54) is 0 Å². The van der Waals surface area contributed by atoms with Crippen LogP contribution in [0.4, 0.5) is 18.0 Å². The van der Waals surface area contributed by atoms with Gasteiger partial charge in [-0.05, 0) is 0 Å². The number of hydrogen-bond donors (Lipinski definition) is 3. The van der Waals surface area contributed by atoms with Gasteiger partial charge in [0, 0.05) is 5.75 Å². The number of alkyl halides is 3. The van der Waals surface area contributed by atoms with E-state index in [4.69, 9.17) is 5.11 Å². The van der Waals surface area contributed by atoms with Gasteiger partial charge in [-0.25, -0.2) is 0 Å². The summed E-state index contributed by atoms with van der Waals surface area (Å²) in [5, 5.41) is 12.4. The fraction of sp³-hybridized carbons (Fsp3) is 0.714. The monoisotopic (exact) mass is 258 g/mol. The molecule has 0 saturated carbocycles. The summed E-state index contributed by atoms with van der Waals surface area (Å²) in [6.07, 6.45) is -7.36. The molecule has 1 rings (SSSR count). The van der Waals surface area contributed by atoms with E-state index >= 15 is 0 Å². The number of hydrogen-bond acceptors (Lipinski definition) is 4. The van der Waals surface area contributed by atoms with Crippen molar-refractivity contribution in [2.75, 3.05) is 12.3 Å². The Balaban J connectivity index is 2.33. The number of nitrogens with one attached hydrogen (secondary N) is 2. The van der Waals surface area contributed by atoms with Crippen LogP contribution in [0.15, 0.2) is 0 Å². The van der Waals surface area contributed by atoms with Gasteiger partial charge in [-0.1, -0.05) is 11.8 Å². The third kappa shape index (κ3) is 3.56. The van der Waals surface area contributed by atoms with Crippen molar-refractivity contribution in [2.24, 2.45) is 0 Å². The lowest BCUT2D eigenvalue weighted by atomic mass is 10.3. The standard InChI is InChI=1S/C7H9F3N2O3S/c8-7(9,10)4(13)1-11-5(14)3-2-16-6(15)12-3/h3-4,13H,1-2H2,(H,11,14)(H,12,15). The summed E-state index contributed by atoms with van der Waals surface area (Å²) < 4.78 is 35.6. The molecule has 2 unspecified atom stereocenters. The molecule has 0 spiro atoms. The van der Waals surface area contributed by atoms with Crippen molar-refractivity contribution in [3.8, 4) is 0 Å². The highest BCUT2D eigenvalue weighted by molar-refractivity contribution is 8.14. The first kappa shape index (κ1) is 13.1. The Hall–Kier alpha value is -0.960. The van der Waals surface area contributed by atoms with Gasteiger partial charge in [-0.2, -0.15) is 13.2 Å². The predicted molar refractivity (Wildman–Crippen MR) is 49.8 cm³/mol. The normalized spacial score (nSPS) is 22.8. The molecule has 0 aromatic heterocycles. The third-order valence-electron chi connectivity index (χ3n) is 1.84. The molecule has 0 aromatic carbocycles. The largest absolute Gasteiger partial charge is 0.416 e. The van der Waals surface area contributed by atoms with Gasteiger partial charge in [0.15, 0.2) is 6.10 Å². The number of aliphatic hydroxyl groups is 1. The van der Waals surface area contributed by atoms with Crippen LogP contribution in [0.2, 0.25) is 0 Å². The summed E-state index contributed by atoms with van der Waals surface area (Å²) in [7, 11) is 0. The van der Waals surface area contributed by atoms with E-state index in [0.717, 1.165) is 11.8 Å². The second kappa shape index (κ2) is 4.91. The molecule has 0 bridgehead atoms. The Morgan fingerprint density at radius 2 is 2.31 bits per heavy atom. The molecule has 9 heteroatoms. The number of amides is 2. The van der Waals surface area contributed by atoms with Crippen LogP contribution >= 0.6 is 11.8 Å². The Kier molecular flexibility index (Phi) is 4.03. The molecule has 2 amide bonds. The van der Waals surface area contributed by atoms with Crippen molar-refractivity contribution >= 4 is 22.9 Å². The predicted octanol–water partition coefficient (Wildman–Crippen LogP) is -0.149. The van der Waals surface area contributed by atoms with E-state index < -0.39 is 36.0 Å². The van der Waals surface area contributed by atoms with Gasteiger partial charge in [0.1, 0.15) is 6.04 Å². The van der Waals surface area contributed by atoms with Crippen molar-refractivity contribution in [3.63, 3.8) is 0 Å². The quantitative estimate of drug-likeness (QED) is 0.658. The van der Waals surface area contributed by atoms with Crippen molar-refractivity contribution in [2.45, 2.75) is 18.3 Å². The molecule has 1 heterocycles. The summed E-state index contributed by atoms with van der Waals surface area (Å²) in [5.74, 6) is -0.561. The highest BCUT2D eigenvalue weighted by atomic mass is 32.2. The first-order chi connectivity index (χ1) is 7.30. The lowest BCUT2D eigenvalue weighted by molar-refractivity contribution is -0.201. The number of halogens is 3. The van der Waals surface area contributed by atoms with Crippen molar-refractivity contribution in [1.82, 2.24) is 10.6 Å². The van der Waals surface area contributed by atoms with Crippen LogP contribution in [0.5, 0.6) is 0 Å². The van der Waals surface area contributed by atoms with Crippen LogP contribution in [-0.2, 0) is 4.79 Å². The third-order valence-corrected chi connectivity index (χ3v) is 2.72. The second-order valence-corrected chi connectivity index (χ2v) is 4.09. The Bertz CT molecular complexity index is 297. The Labute approximate surface area is 92.8 Å². The van der Waals surface area contributed by atoms with Gasteiger partial charge < -0.3 is 15.7 Å². The summed E-state index contributed by atoms with van der Waals surface area (Å²) in [5.41, 5.74) is 0. The van der Waals surface area contributed by atoms with Gasteiger partial charge >= 0.3 is 6.18 Å². The second-order valence-electron chi connectivity index (χ2n) is 3.10. The van der Waals surface area contributed by atoms with Gasteiger partial charge in [-0.15, -0.1) is 0 Å². The average molecular weight is 258 g/mol. The van der Waals surface area contributed by atoms with E-state index in [-0.39, 0.29) is 5.75 Å². The van der Waals surface area contributed by atoms with E-state index in [1.54, 1.807) is 0 Å². The number of carbonyl (C=O) groups is 2. The van der Waals surface area contributed by atoms with Crippen LogP contribution in [0.25, 0.3) is 0 Å². The lowest BCUT2D eigenvalue weighted by Crippen LogP contribution is -2.47. The molecule has 1 saturated heterocycles. The molecule has 5 nitrogen and oxygen atoms in total. The van der Waals surface area contributed by atoms with Crippen molar-refractivity contribution < 1.29 is 27.9 Å². The van der Waals surface area contributed by atoms with Crippen LogP contribution < -0.4 is 10.6 Å². The summed E-state index contributed by atoms with van der Waals surface area (Å²) in [4.78, 5) is 21.9. The highest BCUT2D eigenvalue weighted by Gasteiger charge is 2.38. The molecule has 92 valence electrons. The van der Waals surface area contributed by atoms with Gasteiger partial charge in [0.2, 0.25) is 5.91 Å². The zero-order valence-electron chi connectivity index (χ0n) is 7.87. The minimum absolute atomic E-state index is 0.173. The summed E-state index contributed by atoms with van der Waals surface area (Å²) in [6.45, 7) is -0.917. The van der Waals surface area contributed by atoms with E-state index in [2.05, 4.69) is 5.32 Å². The molecular formula is C7H9F3N2O3S. The first-order valence-electron chi connectivity index (χ1n) is 4.26. The molecule has 0 radical (unpaired) electrons. The zero-order chi connectivity index (χ0) is 12.3. The highest BCUT2D eigenvalue weighted by Crippen LogP contribution is 2.19. The van der Waals surface area contributed by atoms with Gasteiger partial charge in [0.25, 0.3) is 5.24 Å². The molecule has 1 fully saturated rings. The molecule has 2 atom stereocenters. The van der Waals surface area contributed by atoms with Crippen molar-refractivity contribution in [1.29, 1.82) is 0 Å². The van der Waals surface area contributed by atoms with Crippen LogP contribution in [0, 0.1) is 0 Å². The Morgan fingerprint density at radius 3 is 2.75 bits per heavy atom. The Morgan fingerprint density at radius 1 is 1.69 bits per heavy atom. The number of rotatable bonds is 3. The fourth-order valence-corrected chi connectivity index (χ4v) is 1.74. The number of thioether (sulfide) groups is 1. The van der Waals surface area contributed by atoms with Crippen LogP contribution in [0.3, 0.4) is 0 Å². The summed E-state index contributed by atoms with van der Waals surface area (Å²) in [6, 6.07) is -0.835. The van der Waals surface area contributed by atoms with Crippen LogP contribution in [-0.4, -0.2) is 46.9 Å². The molecule has 0 aromatic rings. The molecule has 1 aliphatic heterocycles. The molecule has 16 heavy (non-hydrogen) atoms. The number of carbonyl (C=O) groups excluding carboxylic acids is 2. The van der Waals surface area contributed by atoms with Gasteiger partial charge in [-0.3, -0.25) is 9.59 Å². The molecule has 3 N–H and O–H groups in total. The minimum atomic E-state index is -4.76. The number of aliphatic hydroxyl groups excluding tert-OH is 1. The van der Waals surface area contributed by atoms with E-state index in [1.807, 2.05) is 5.32 Å². The molecular weight excluding hydrogens is 249 g/mol. The summed E-state index contributed by atoms with van der Waals surface area (Å²) >= 11 is 0.878. The van der Waals surface area contributed by atoms with Crippen molar-refractivity contribution in [3.05, 3.63) is 0 Å². The van der Waals surface area contributed by atoms with Crippen LogP contribution in [0.1, 0.15) is 0 Å². The topological polar surface area (TPSA) is 78.4 Å². The lowest BCUT2D eigenvalue weighted by Gasteiger charge is -2.16. The molecule has 1 aliphatic rings. The zero-order valence-corrected chi connectivity index (χ0v) is 8.69. The fourth-order valence-electron chi connectivity index (χ4n) is 0.962. The maximum Gasteiger partial charge on any atom is 0.416 e. The smallest absolute Gasteiger partial charge is 0.382 e. The SMILES string of the molecule is O=C1NC(C(=O)NCC(O)C(F)(F)F)CS1.